The van der Waals surface area contributed by atoms with Gasteiger partial charge in [-0.1, -0.05) is 23.2 Å². The zero-order valence-electron chi connectivity index (χ0n) is 23.8. The molecule has 2 aromatic carbocycles. The van der Waals surface area contributed by atoms with Gasteiger partial charge < -0.3 is 41.1 Å². The van der Waals surface area contributed by atoms with E-state index in [-0.39, 0.29) is 52.4 Å². The molecule has 1 fully saturated rings. The summed E-state index contributed by atoms with van der Waals surface area (Å²) in [6, 6.07) is 8.75. The number of nitrogens with zero attached hydrogens (tertiary/aromatic N) is 3. The molecule has 0 bridgehead atoms. The molecule has 0 radical (unpaired) electrons. The number of rotatable bonds is 5. The van der Waals surface area contributed by atoms with E-state index in [4.69, 9.17) is 64.5 Å². The molecule has 2 atom stereocenters. The maximum absolute atomic E-state index is 10.7. The van der Waals surface area contributed by atoms with Crippen LogP contribution in [0.25, 0.3) is 5.69 Å². The Hall–Kier alpha value is -1.38. The van der Waals surface area contributed by atoms with Crippen LogP contribution in [0.3, 0.4) is 0 Å². The summed E-state index contributed by atoms with van der Waals surface area (Å²) in [5.74, 6) is -0.833. The van der Waals surface area contributed by atoms with E-state index in [0.717, 1.165) is 25.8 Å². The van der Waals surface area contributed by atoms with Gasteiger partial charge >= 0.3 is 64.9 Å². The Balaban J connectivity index is 0. The van der Waals surface area contributed by atoms with E-state index in [2.05, 4.69) is 59.9 Å². The number of carbonyl (C=O) groups is 1. The normalized spacial score (nSPS) is 14.7. The van der Waals surface area contributed by atoms with E-state index >= 15 is 0 Å². The van der Waals surface area contributed by atoms with E-state index in [1.165, 1.54) is 18.2 Å². The van der Waals surface area contributed by atoms with Gasteiger partial charge in [-0.2, -0.15) is 0 Å². The van der Waals surface area contributed by atoms with Crippen LogP contribution in [0.5, 0.6) is 0 Å². The Labute approximate surface area is 307 Å². The molecule has 3 aromatic rings. The second-order valence-corrected chi connectivity index (χ2v) is 44.3. The molecule has 45 heavy (non-hydrogen) atoms. The number of aromatic nitrogens is 1. The third-order valence-electron chi connectivity index (χ3n) is 4.99. The van der Waals surface area contributed by atoms with E-state index in [1.807, 2.05) is 0 Å². The van der Waals surface area contributed by atoms with Crippen LogP contribution in [0.2, 0.25) is 10.0 Å². The fourth-order valence-electron chi connectivity index (χ4n) is 3.09. The van der Waals surface area contributed by atoms with Gasteiger partial charge in [-0.05, 0) is 24.3 Å². The van der Waals surface area contributed by atoms with Crippen molar-refractivity contribution in [2.24, 2.45) is 0 Å². The molecule has 2 heterocycles. The van der Waals surface area contributed by atoms with Gasteiger partial charge in [0.1, 0.15) is 11.4 Å². The second kappa shape index (κ2) is 23.0. The molecule has 21 heteroatoms. The molecule has 1 saturated heterocycles. The first-order valence-corrected chi connectivity index (χ1v) is 26.3. The minimum atomic E-state index is -0.833. The van der Waals surface area contributed by atoms with Gasteiger partial charge in [0, 0.05) is 59.9 Å². The molecule has 1 aromatic heterocycles. The monoisotopic (exact) mass is 1050 g/mol. The van der Waals surface area contributed by atoms with Crippen LogP contribution >= 0.6 is 83.1 Å². The molecule has 0 aliphatic carbocycles. The zero-order chi connectivity index (χ0) is 34.9. The Kier molecular flexibility index (Phi) is 22.3. The van der Waals surface area contributed by atoms with E-state index < -0.39 is 15.8 Å². The number of benzene rings is 2. The van der Waals surface area contributed by atoms with Gasteiger partial charge in [-0.3, -0.25) is 25.0 Å². The number of nitro benzene ring substituents is 2. The predicted molar refractivity (Wildman–Crippen MR) is 198 cm³/mol. The summed E-state index contributed by atoms with van der Waals surface area (Å²) in [7, 11) is 3.28. The predicted octanol–water partition coefficient (Wildman–Crippen LogP) is 7.77. The van der Waals surface area contributed by atoms with Crippen LogP contribution in [0.4, 0.5) is 28.4 Å². The summed E-state index contributed by atoms with van der Waals surface area (Å²) in [5, 5.41) is 29.1. The van der Waals surface area contributed by atoms with Crippen molar-refractivity contribution in [3.05, 3.63) is 79.1 Å². The Morgan fingerprint density at radius 3 is 1.67 bits per heavy atom. The Bertz CT molecular complexity index is 1390. The number of nitrogens with two attached hydrogens (primary N) is 3. The molecule has 1 aliphatic rings. The number of aliphatic carboxylic acids is 1. The first-order chi connectivity index (χ1) is 20.9. The first-order valence-electron chi connectivity index (χ1n) is 12.0. The molecule has 1 aliphatic heterocycles. The molecule has 0 amide bonds. The van der Waals surface area contributed by atoms with Crippen LogP contribution < -0.4 is 17.2 Å². The fourth-order valence-corrected chi connectivity index (χ4v) is 3.53. The van der Waals surface area contributed by atoms with Crippen molar-refractivity contribution in [1.82, 2.24) is 4.57 Å². The number of hydrogen-bond acceptors (Lipinski definition) is 11. The SMILES string of the molecule is CC(=O)O.COC1CCC(OC)O1.Nc1cc(Cl)c(-n2cccc2)cc1[N+](=O)[O-].Nc1cc([N+](=O)[O-])c(N)cc1Cl.[2HH].[I][V]([I])[I]. The summed E-state index contributed by atoms with van der Waals surface area (Å²) < 4.78 is 16.8. The number of nitro groups is 2. The molecule has 252 valence electrons. The molecule has 0 saturated carbocycles. The van der Waals surface area contributed by atoms with Crippen molar-refractivity contribution in [2.75, 3.05) is 31.4 Å². The third-order valence-corrected chi connectivity index (χ3v) is 5.62. The van der Waals surface area contributed by atoms with Crippen molar-refractivity contribution in [1.29, 1.82) is 0 Å². The minimum absolute atomic E-state index is 0. The standard InChI is InChI=1S/C10H8ClN3O2.C6H6ClN3O2.C6H12O3.C2H4O2.3HI.V.H2/c11-7-5-8(12)10(14(15)16)6-9(7)13-3-1-2-4-13;7-3-1-5(9)6(10(11)12)2-4(3)8;1-7-5-3-4-6(8-2)9-5;1-2(3)4;;;;;/h1-6H,12H2;1-2H,8-9H2;5-6H,3-4H2,1-2H3;1H3,(H,3,4);3*1H;;1H/q;;;;;;;+3;/p-3/i;;;;;;;;1+1. The Morgan fingerprint density at radius 1 is 0.933 bits per heavy atom. The summed E-state index contributed by atoms with van der Waals surface area (Å²) in [6.45, 7) is 1.08. The molecule has 0 spiro atoms. The topological polar surface area (TPSA) is 234 Å². The van der Waals surface area contributed by atoms with Crippen LogP contribution in [0, 0.1) is 20.2 Å². The number of halogens is 5. The number of anilines is 3. The van der Waals surface area contributed by atoms with Crippen LogP contribution in [-0.2, 0) is 23.9 Å². The fraction of sp³-hybridized carbons (Fsp3) is 0.292. The first kappa shape index (κ1) is 43.6. The summed E-state index contributed by atoms with van der Waals surface area (Å²) >= 11 is 18.9. The van der Waals surface area contributed by atoms with Crippen LogP contribution in [0.15, 0.2) is 48.8 Å². The van der Waals surface area contributed by atoms with Gasteiger partial charge in [0.05, 0.1) is 31.3 Å². The van der Waals surface area contributed by atoms with E-state index in [0.29, 0.717) is 10.7 Å². The molecule has 7 N–H and O–H groups in total. The molecular weight excluding hydrogens is 1020 g/mol. The average Bonchev–Trinajstić information content (AvgIpc) is 3.63. The van der Waals surface area contributed by atoms with Crippen molar-refractivity contribution in [3.63, 3.8) is 0 Å². The van der Waals surface area contributed by atoms with Gasteiger partial charge in [0.15, 0.2) is 12.6 Å². The summed E-state index contributed by atoms with van der Waals surface area (Å²) in [5.41, 5.74) is 16.5. The summed E-state index contributed by atoms with van der Waals surface area (Å²) in [4.78, 5) is 28.6. The van der Waals surface area contributed by atoms with Crippen LogP contribution in [-0.4, -0.2) is 52.3 Å². The number of ether oxygens (including phenoxy) is 3. The molecule has 4 rings (SSSR count). The average molecular weight is 1050 g/mol. The maximum atomic E-state index is 10.7. The van der Waals surface area contributed by atoms with Crippen molar-refractivity contribution in [2.45, 2.75) is 32.3 Å². The van der Waals surface area contributed by atoms with Gasteiger partial charge in [-0.25, -0.2) is 0 Å². The molecule has 15 nitrogen and oxygen atoms in total. The van der Waals surface area contributed by atoms with Crippen molar-refractivity contribution >= 4 is 118 Å². The van der Waals surface area contributed by atoms with E-state index in [9.17, 15) is 20.2 Å². The summed E-state index contributed by atoms with van der Waals surface area (Å²) in [6.07, 6.45) is 5.29. The van der Waals surface area contributed by atoms with Crippen molar-refractivity contribution < 1.29 is 40.3 Å². The van der Waals surface area contributed by atoms with E-state index in [1.54, 1.807) is 43.3 Å². The molecule has 2 unspecified atom stereocenters. The number of carboxylic acid groups (broad SMARTS) is 1. The van der Waals surface area contributed by atoms with Gasteiger partial charge in [0.25, 0.3) is 17.3 Å². The number of nitrogen functional groups attached to an aromatic ring is 3. The molecular formula is C24H32Cl2I3N6O9V. The van der Waals surface area contributed by atoms with Crippen LogP contribution in [0.1, 0.15) is 21.2 Å². The zero-order valence-corrected chi connectivity index (χ0v) is 33.2. The quantitative estimate of drug-likeness (QED) is 0.0831. The van der Waals surface area contributed by atoms with Gasteiger partial charge in [-0.15, -0.1) is 0 Å². The van der Waals surface area contributed by atoms with Gasteiger partial charge in [0.2, 0.25) is 0 Å². The second-order valence-electron chi connectivity index (χ2n) is 8.15. The number of carboxylic acids is 1. The number of hydrogen-bond donors (Lipinski definition) is 4. The van der Waals surface area contributed by atoms with Crippen molar-refractivity contribution in [3.8, 4) is 5.69 Å². The number of methoxy groups -OCH3 is 2. The Morgan fingerprint density at radius 2 is 1.31 bits per heavy atom. The third kappa shape index (κ3) is 17.9.